The largest absolute Gasteiger partial charge is 0.275 e. The summed E-state index contributed by atoms with van der Waals surface area (Å²) in [5.74, 6) is 0. The van der Waals surface area contributed by atoms with Crippen LogP contribution in [0.1, 0.15) is 5.56 Å². The molecule has 0 fully saturated rings. The summed E-state index contributed by atoms with van der Waals surface area (Å²) in [5.41, 5.74) is 5.27. The van der Waals surface area contributed by atoms with Gasteiger partial charge in [0, 0.05) is 30.6 Å². The van der Waals surface area contributed by atoms with Gasteiger partial charge in [-0.15, -0.1) is 0 Å². The SMILES string of the molecule is Cn1cc(-c2cnc3cnn(Cc4ccccc4)c3c2)cn1. The summed E-state index contributed by atoms with van der Waals surface area (Å²) in [4.78, 5) is 4.51. The first-order valence-electron chi connectivity index (χ1n) is 7.14. The molecule has 5 nitrogen and oxygen atoms in total. The molecule has 4 rings (SSSR count). The van der Waals surface area contributed by atoms with Gasteiger partial charge in [-0.25, -0.2) is 0 Å². The third-order valence-corrected chi connectivity index (χ3v) is 3.71. The van der Waals surface area contributed by atoms with Gasteiger partial charge in [-0.1, -0.05) is 30.3 Å². The van der Waals surface area contributed by atoms with Crippen LogP contribution >= 0.6 is 0 Å². The number of pyridine rings is 1. The Balaban J connectivity index is 1.76. The summed E-state index contributed by atoms with van der Waals surface area (Å²) >= 11 is 0. The number of fused-ring (bicyclic) bond motifs is 1. The van der Waals surface area contributed by atoms with Crippen molar-refractivity contribution in [1.29, 1.82) is 0 Å². The number of hydrogen-bond acceptors (Lipinski definition) is 3. The van der Waals surface area contributed by atoms with E-state index in [4.69, 9.17) is 0 Å². The van der Waals surface area contributed by atoms with Crippen LogP contribution in [-0.2, 0) is 13.6 Å². The van der Waals surface area contributed by atoms with Crippen molar-refractivity contribution < 1.29 is 0 Å². The zero-order valence-electron chi connectivity index (χ0n) is 12.2. The maximum atomic E-state index is 4.51. The van der Waals surface area contributed by atoms with Crippen molar-refractivity contribution in [3.05, 3.63) is 66.7 Å². The van der Waals surface area contributed by atoms with E-state index in [1.165, 1.54) is 5.56 Å². The molecule has 5 heteroatoms. The first kappa shape index (κ1) is 12.8. The highest BCUT2D eigenvalue weighted by molar-refractivity contribution is 5.80. The van der Waals surface area contributed by atoms with Gasteiger partial charge < -0.3 is 0 Å². The monoisotopic (exact) mass is 289 g/mol. The fraction of sp³-hybridized carbons (Fsp3) is 0.118. The van der Waals surface area contributed by atoms with Crippen LogP contribution in [0.4, 0.5) is 0 Å². The maximum absolute atomic E-state index is 4.51. The lowest BCUT2D eigenvalue weighted by Gasteiger charge is -2.04. The van der Waals surface area contributed by atoms with Crippen molar-refractivity contribution in [3.8, 4) is 11.1 Å². The van der Waals surface area contributed by atoms with Gasteiger partial charge in [0.2, 0.25) is 0 Å². The molecular weight excluding hydrogens is 274 g/mol. The average Bonchev–Trinajstić information content (AvgIpc) is 3.15. The number of nitrogens with zero attached hydrogens (tertiary/aromatic N) is 5. The van der Waals surface area contributed by atoms with E-state index in [9.17, 15) is 0 Å². The van der Waals surface area contributed by atoms with Gasteiger partial charge in [0.05, 0.1) is 24.5 Å². The van der Waals surface area contributed by atoms with Crippen molar-refractivity contribution >= 4 is 11.0 Å². The lowest BCUT2D eigenvalue weighted by molar-refractivity contribution is 0.712. The van der Waals surface area contributed by atoms with Crippen LogP contribution in [-0.4, -0.2) is 24.5 Å². The molecule has 22 heavy (non-hydrogen) atoms. The zero-order valence-corrected chi connectivity index (χ0v) is 12.2. The van der Waals surface area contributed by atoms with Crippen LogP contribution in [0.2, 0.25) is 0 Å². The van der Waals surface area contributed by atoms with Gasteiger partial charge in [-0.05, 0) is 11.6 Å². The van der Waals surface area contributed by atoms with E-state index in [2.05, 4.69) is 33.4 Å². The molecule has 0 aliphatic heterocycles. The molecule has 0 N–H and O–H groups in total. The lowest BCUT2D eigenvalue weighted by Crippen LogP contribution is -2.01. The Labute approximate surface area is 127 Å². The Morgan fingerprint density at radius 1 is 0.955 bits per heavy atom. The number of hydrogen-bond donors (Lipinski definition) is 0. The molecule has 0 amide bonds. The van der Waals surface area contributed by atoms with Crippen molar-refractivity contribution in [2.75, 3.05) is 0 Å². The van der Waals surface area contributed by atoms with Crippen LogP contribution in [0, 0.1) is 0 Å². The lowest BCUT2D eigenvalue weighted by atomic mass is 10.1. The van der Waals surface area contributed by atoms with Crippen LogP contribution in [0.5, 0.6) is 0 Å². The molecule has 0 aliphatic carbocycles. The van der Waals surface area contributed by atoms with Gasteiger partial charge in [0.25, 0.3) is 0 Å². The topological polar surface area (TPSA) is 48.5 Å². The Kier molecular flexibility index (Phi) is 2.96. The summed E-state index contributed by atoms with van der Waals surface area (Å²) in [6.07, 6.45) is 7.51. The van der Waals surface area contributed by atoms with Crippen molar-refractivity contribution in [2.24, 2.45) is 7.05 Å². The summed E-state index contributed by atoms with van der Waals surface area (Å²) in [6, 6.07) is 12.4. The Morgan fingerprint density at radius 2 is 1.82 bits per heavy atom. The first-order valence-corrected chi connectivity index (χ1v) is 7.14. The Hall–Kier alpha value is -2.95. The number of aromatic nitrogens is 5. The molecule has 108 valence electrons. The van der Waals surface area contributed by atoms with Gasteiger partial charge in [-0.3, -0.25) is 14.3 Å². The summed E-state index contributed by atoms with van der Waals surface area (Å²) in [7, 11) is 1.91. The van der Waals surface area contributed by atoms with Gasteiger partial charge in [-0.2, -0.15) is 10.2 Å². The molecule has 0 unspecified atom stereocenters. The van der Waals surface area contributed by atoms with E-state index in [1.54, 1.807) is 4.68 Å². The fourth-order valence-electron chi connectivity index (χ4n) is 2.57. The second-order valence-electron chi connectivity index (χ2n) is 5.32. The molecule has 0 saturated carbocycles. The Bertz CT molecular complexity index is 921. The minimum Gasteiger partial charge on any atom is -0.275 e. The van der Waals surface area contributed by atoms with E-state index >= 15 is 0 Å². The molecule has 3 heterocycles. The van der Waals surface area contributed by atoms with Crippen molar-refractivity contribution in [3.63, 3.8) is 0 Å². The number of benzene rings is 1. The quantitative estimate of drug-likeness (QED) is 0.582. The summed E-state index contributed by atoms with van der Waals surface area (Å²) < 4.78 is 3.78. The minimum atomic E-state index is 0.739. The third kappa shape index (κ3) is 2.26. The van der Waals surface area contributed by atoms with E-state index in [0.29, 0.717) is 0 Å². The molecule has 4 aromatic rings. The standard InChI is InChI=1S/C17H15N5/c1-21-12-15(9-19-21)14-7-17-16(18-8-14)10-20-22(17)11-13-5-3-2-4-6-13/h2-10,12H,11H2,1H3. The first-order chi connectivity index (χ1) is 10.8. The minimum absolute atomic E-state index is 0.739. The average molecular weight is 289 g/mol. The third-order valence-electron chi connectivity index (χ3n) is 3.71. The van der Waals surface area contributed by atoms with E-state index < -0.39 is 0 Å². The second-order valence-corrected chi connectivity index (χ2v) is 5.32. The maximum Gasteiger partial charge on any atom is 0.108 e. The van der Waals surface area contributed by atoms with Gasteiger partial charge in [0.1, 0.15) is 5.52 Å². The molecule has 0 atom stereocenters. The van der Waals surface area contributed by atoms with Crippen LogP contribution in [0.25, 0.3) is 22.2 Å². The van der Waals surface area contributed by atoms with Crippen LogP contribution in [0.15, 0.2) is 61.2 Å². The van der Waals surface area contributed by atoms with Gasteiger partial charge >= 0.3 is 0 Å². The zero-order chi connectivity index (χ0) is 14.9. The molecule has 0 aliphatic rings. The van der Waals surface area contributed by atoms with E-state index in [-0.39, 0.29) is 0 Å². The molecule has 0 saturated heterocycles. The second kappa shape index (κ2) is 5.11. The fourth-order valence-corrected chi connectivity index (χ4v) is 2.57. The predicted molar refractivity (Wildman–Crippen MR) is 85.3 cm³/mol. The molecule has 0 spiro atoms. The molecule has 0 bridgehead atoms. The predicted octanol–water partition coefficient (Wildman–Crippen LogP) is 2.88. The van der Waals surface area contributed by atoms with E-state index in [0.717, 1.165) is 28.7 Å². The highest BCUT2D eigenvalue weighted by Gasteiger charge is 2.08. The molecule has 3 aromatic heterocycles. The van der Waals surface area contributed by atoms with Crippen molar-refractivity contribution in [1.82, 2.24) is 24.5 Å². The summed E-state index contributed by atoms with van der Waals surface area (Å²) in [5, 5.41) is 8.68. The summed E-state index contributed by atoms with van der Waals surface area (Å²) in [6.45, 7) is 0.739. The Morgan fingerprint density at radius 3 is 2.59 bits per heavy atom. The van der Waals surface area contributed by atoms with Crippen molar-refractivity contribution in [2.45, 2.75) is 6.54 Å². The number of rotatable bonds is 3. The van der Waals surface area contributed by atoms with E-state index in [1.807, 2.05) is 54.7 Å². The van der Waals surface area contributed by atoms with Crippen LogP contribution in [0.3, 0.4) is 0 Å². The van der Waals surface area contributed by atoms with Crippen LogP contribution < -0.4 is 0 Å². The smallest absolute Gasteiger partial charge is 0.108 e. The molecular formula is C17H15N5. The highest BCUT2D eigenvalue weighted by Crippen LogP contribution is 2.22. The normalized spacial score (nSPS) is 11.1. The van der Waals surface area contributed by atoms with Gasteiger partial charge in [0.15, 0.2) is 0 Å². The molecule has 1 aromatic carbocycles. The molecule has 0 radical (unpaired) electrons. The number of aryl methyl sites for hydroxylation is 1. The highest BCUT2D eigenvalue weighted by atomic mass is 15.3.